The molecule has 0 atom stereocenters. The number of rotatable bonds is 7. The van der Waals surface area contributed by atoms with E-state index in [1.807, 2.05) is 0 Å². The summed E-state index contributed by atoms with van der Waals surface area (Å²) >= 11 is 0. The average molecular weight is 680 g/mol. The molecule has 53 heavy (non-hydrogen) atoms. The highest BCUT2D eigenvalue weighted by atomic mass is 15.1. The lowest BCUT2D eigenvalue weighted by Crippen LogP contribution is -2.26. The van der Waals surface area contributed by atoms with Crippen molar-refractivity contribution in [2.45, 2.75) is 26.2 Å². The molecular formula is C52H41N. The number of fused-ring (bicyclic) bond motifs is 10. The van der Waals surface area contributed by atoms with E-state index in [0.29, 0.717) is 0 Å². The Morgan fingerprint density at radius 3 is 1.62 bits per heavy atom. The normalized spacial score (nSPS) is 14.1. The van der Waals surface area contributed by atoms with Crippen molar-refractivity contribution >= 4 is 16.9 Å². The van der Waals surface area contributed by atoms with Crippen LogP contribution < -0.4 is 4.90 Å². The Hall–Kier alpha value is -6.44. The van der Waals surface area contributed by atoms with Gasteiger partial charge in [0, 0.05) is 16.9 Å². The molecule has 0 heterocycles. The zero-order valence-electron chi connectivity index (χ0n) is 30.4. The van der Waals surface area contributed by atoms with E-state index in [9.17, 15) is 0 Å². The summed E-state index contributed by atoms with van der Waals surface area (Å²) in [6.07, 6.45) is 6.66. The maximum atomic E-state index is 2.49. The van der Waals surface area contributed by atoms with Crippen molar-refractivity contribution in [1.29, 1.82) is 0 Å². The van der Waals surface area contributed by atoms with Gasteiger partial charge in [0.1, 0.15) is 0 Å². The highest BCUT2D eigenvalue weighted by Gasteiger charge is 2.52. The standard InChI is InChI=1S/C52H41N/c1-4-18-41(39-21-9-6-10-22-39)35-36(2)37(3)53(42-33-31-40(32-34-42)38-19-7-5-8-20-38)50-30-17-29-49-51(50)45-25-13-16-28-48(45)52(49)46-26-14-11-23-43(46)44-24-12-15-27-47(44)52/h4-35H,1-3H3/b18-4?,37-36+,41-35+. The number of nitrogens with zero attached hydrogens (tertiary/aromatic N) is 1. The number of allylic oxidation sites excluding steroid dienone is 6. The molecule has 0 amide bonds. The van der Waals surface area contributed by atoms with Crippen molar-refractivity contribution in [3.05, 3.63) is 233 Å². The van der Waals surface area contributed by atoms with Gasteiger partial charge < -0.3 is 4.90 Å². The topological polar surface area (TPSA) is 3.24 Å². The van der Waals surface area contributed by atoms with Crippen molar-refractivity contribution in [1.82, 2.24) is 0 Å². The fourth-order valence-electron chi connectivity index (χ4n) is 8.81. The second-order valence-electron chi connectivity index (χ2n) is 14.1. The van der Waals surface area contributed by atoms with E-state index in [1.165, 1.54) is 83.7 Å². The van der Waals surface area contributed by atoms with E-state index in [-0.39, 0.29) is 0 Å². The Kier molecular flexibility index (Phi) is 8.13. The van der Waals surface area contributed by atoms with E-state index in [1.54, 1.807) is 0 Å². The fourth-order valence-corrected chi connectivity index (χ4v) is 8.81. The number of hydrogen-bond acceptors (Lipinski definition) is 1. The van der Waals surface area contributed by atoms with Gasteiger partial charge in [-0.05, 0) is 112 Å². The van der Waals surface area contributed by atoms with Gasteiger partial charge in [-0.2, -0.15) is 0 Å². The summed E-state index contributed by atoms with van der Waals surface area (Å²) in [5.74, 6) is 0. The lowest BCUT2D eigenvalue weighted by molar-refractivity contribution is 0.793. The second-order valence-corrected chi connectivity index (χ2v) is 14.1. The molecule has 0 aliphatic heterocycles. The van der Waals surface area contributed by atoms with Crippen molar-refractivity contribution in [2.24, 2.45) is 0 Å². The molecule has 0 bridgehead atoms. The predicted octanol–water partition coefficient (Wildman–Crippen LogP) is 13.8. The summed E-state index contributed by atoms with van der Waals surface area (Å²) in [5.41, 5.74) is 19.7. The highest BCUT2D eigenvalue weighted by molar-refractivity contribution is 6.00. The Balaban J connectivity index is 1.31. The maximum absolute atomic E-state index is 2.49. The van der Waals surface area contributed by atoms with Gasteiger partial charge in [0.05, 0.1) is 11.1 Å². The summed E-state index contributed by atoms with van der Waals surface area (Å²) in [6.45, 7) is 6.60. The zero-order chi connectivity index (χ0) is 35.9. The van der Waals surface area contributed by atoms with Gasteiger partial charge in [-0.3, -0.25) is 0 Å². The Morgan fingerprint density at radius 2 is 1.00 bits per heavy atom. The first-order valence-electron chi connectivity index (χ1n) is 18.6. The van der Waals surface area contributed by atoms with Crippen LogP contribution in [0.25, 0.3) is 39.0 Å². The van der Waals surface area contributed by atoms with Gasteiger partial charge in [-0.1, -0.05) is 170 Å². The maximum Gasteiger partial charge on any atom is 0.0726 e. The molecule has 0 fully saturated rings. The molecule has 0 radical (unpaired) electrons. The van der Waals surface area contributed by atoms with Crippen molar-refractivity contribution in [3.63, 3.8) is 0 Å². The summed E-state index contributed by atoms with van der Waals surface area (Å²) < 4.78 is 0. The zero-order valence-corrected chi connectivity index (χ0v) is 30.4. The molecule has 9 rings (SSSR count). The van der Waals surface area contributed by atoms with Crippen LogP contribution in [0.3, 0.4) is 0 Å². The van der Waals surface area contributed by atoms with Gasteiger partial charge in [0.2, 0.25) is 0 Å². The quantitative estimate of drug-likeness (QED) is 0.152. The molecule has 0 aromatic heterocycles. The highest BCUT2D eigenvalue weighted by Crippen LogP contribution is 2.64. The molecule has 7 aromatic rings. The van der Waals surface area contributed by atoms with Gasteiger partial charge in [-0.25, -0.2) is 0 Å². The van der Waals surface area contributed by atoms with Crippen LogP contribution in [0.5, 0.6) is 0 Å². The average Bonchev–Trinajstić information content (AvgIpc) is 3.70. The van der Waals surface area contributed by atoms with Crippen LogP contribution in [0.15, 0.2) is 205 Å². The summed E-state index contributed by atoms with van der Waals surface area (Å²) in [5, 5.41) is 0. The van der Waals surface area contributed by atoms with Crippen molar-refractivity contribution in [2.75, 3.05) is 4.90 Å². The van der Waals surface area contributed by atoms with Crippen LogP contribution >= 0.6 is 0 Å². The fraction of sp³-hybridized carbons (Fsp3) is 0.0769. The first-order chi connectivity index (χ1) is 26.1. The Labute approximate surface area is 313 Å². The molecule has 254 valence electrons. The van der Waals surface area contributed by atoms with Crippen LogP contribution in [-0.4, -0.2) is 0 Å². The molecule has 0 saturated heterocycles. The van der Waals surface area contributed by atoms with Crippen LogP contribution in [0, 0.1) is 0 Å². The summed E-state index contributed by atoms with van der Waals surface area (Å²) in [6, 6.07) is 64.5. The van der Waals surface area contributed by atoms with Gasteiger partial charge in [0.25, 0.3) is 0 Å². The number of hydrogen-bond donors (Lipinski definition) is 0. The van der Waals surface area contributed by atoms with E-state index < -0.39 is 5.41 Å². The SMILES string of the molecule is CC=C/C(=C\C(C)=C(/C)N(c1ccc(-c2ccccc2)cc1)c1cccc2c1-c1ccccc1C21c2ccccc2-c2ccccc21)c1ccccc1. The molecule has 1 spiro atoms. The minimum atomic E-state index is -0.406. The van der Waals surface area contributed by atoms with E-state index >= 15 is 0 Å². The minimum Gasteiger partial charge on any atom is -0.314 e. The third kappa shape index (κ3) is 5.15. The van der Waals surface area contributed by atoms with Crippen LogP contribution in [-0.2, 0) is 5.41 Å². The summed E-state index contributed by atoms with van der Waals surface area (Å²) in [7, 11) is 0. The van der Waals surface area contributed by atoms with Gasteiger partial charge >= 0.3 is 0 Å². The lowest BCUT2D eigenvalue weighted by Gasteiger charge is -2.32. The smallest absolute Gasteiger partial charge is 0.0726 e. The predicted molar refractivity (Wildman–Crippen MR) is 224 cm³/mol. The molecule has 1 nitrogen and oxygen atoms in total. The van der Waals surface area contributed by atoms with Crippen molar-refractivity contribution < 1.29 is 0 Å². The minimum absolute atomic E-state index is 0.406. The van der Waals surface area contributed by atoms with E-state index in [4.69, 9.17) is 0 Å². The van der Waals surface area contributed by atoms with Crippen LogP contribution in [0.1, 0.15) is 48.6 Å². The largest absolute Gasteiger partial charge is 0.314 e. The molecule has 1 heteroatoms. The Morgan fingerprint density at radius 1 is 0.491 bits per heavy atom. The summed E-state index contributed by atoms with van der Waals surface area (Å²) in [4.78, 5) is 2.49. The molecule has 7 aromatic carbocycles. The molecule has 2 aliphatic rings. The molecule has 0 unspecified atom stereocenters. The third-order valence-corrected chi connectivity index (χ3v) is 11.2. The first kappa shape index (κ1) is 32.5. The van der Waals surface area contributed by atoms with Gasteiger partial charge in [-0.15, -0.1) is 0 Å². The molecule has 0 N–H and O–H groups in total. The van der Waals surface area contributed by atoms with E-state index in [2.05, 4.69) is 220 Å². The van der Waals surface area contributed by atoms with E-state index in [0.717, 1.165) is 5.69 Å². The Bertz CT molecular complexity index is 2520. The number of anilines is 2. The first-order valence-corrected chi connectivity index (χ1v) is 18.6. The van der Waals surface area contributed by atoms with Gasteiger partial charge in [0.15, 0.2) is 0 Å². The lowest BCUT2D eigenvalue weighted by atomic mass is 9.70. The third-order valence-electron chi connectivity index (χ3n) is 11.2. The van der Waals surface area contributed by atoms with Crippen molar-refractivity contribution in [3.8, 4) is 33.4 Å². The second kappa shape index (κ2) is 13.3. The molecule has 0 saturated carbocycles. The molecule has 2 aliphatic carbocycles. The monoisotopic (exact) mass is 679 g/mol. The number of benzene rings is 7. The van der Waals surface area contributed by atoms with Crippen LogP contribution in [0.4, 0.5) is 11.4 Å². The molecular weight excluding hydrogens is 639 g/mol. The van der Waals surface area contributed by atoms with Crippen LogP contribution in [0.2, 0.25) is 0 Å².